The van der Waals surface area contributed by atoms with E-state index in [1.165, 1.54) is 18.4 Å². The molecule has 1 N–H and O–H groups in total. The maximum absolute atomic E-state index is 10.9. The van der Waals surface area contributed by atoms with Gasteiger partial charge in [0.1, 0.15) is 6.26 Å². The Kier molecular flexibility index (Phi) is 3.57. The quantitative estimate of drug-likeness (QED) is 0.825. The van der Waals surface area contributed by atoms with Crippen LogP contribution in [0.5, 0.6) is 0 Å². The van der Waals surface area contributed by atoms with Crippen LogP contribution in [0.1, 0.15) is 29.9 Å². The first-order valence-corrected chi connectivity index (χ1v) is 6.95. The summed E-state index contributed by atoms with van der Waals surface area (Å²) in [4.78, 5) is 0. The highest BCUT2D eigenvalue weighted by atomic mass is 35.5. The molecule has 1 aromatic carbocycles. The molecule has 1 aliphatic rings. The van der Waals surface area contributed by atoms with Crippen LogP contribution in [-0.2, 0) is 17.9 Å². The molecule has 0 aromatic heterocycles. The number of nitrogens with one attached hydrogen (secondary N) is 1. The number of hydrogen-bond acceptors (Lipinski definition) is 2. The van der Waals surface area contributed by atoms with Gasteiger partial charge in [-0.2, -0.15) is 0 Å². The van der Waals surface area contributed by atoms with Gasteiger partial charge in [0.2, 0.25) is 0 Å². The Morgan fingerprint density at radius 3 is 2.80 bits per heavy atom. The maximum Gasteiger partial charge on any atom is 0.115 e. The molecule has 0 radical (unpaired) electrons. The van der Waals surface area contributed by atoms with Gasteiger partial charge >= 0.3 is 0 Å². The monoisotopic (exact) mass is 243 g/mol. The summed E-state index contributed by atoms with van der Waals surface area (Å²) in [6, 6.07) is 6.12. The Balaban J connectivity index is 2.04. The average Bonchev–Trinajstić information content (AvgIpc) is 2.98. The Bertz CT molecular complexity index is 352. The largest absolute Gasteiger partial charge is 0.598 e. The van der Waals surface area contributed by atoms with Crippen LogP contribution in [0.25, 0.3) is 0 Å². The first-order chi connectivity index (χ1) is 7.16. The molecule has 0 bridgehead atoms. The van der Waals surface area contributed by atoms with E-state index >= 15 is 0 Å². The summed E-state index contributed by atoms with van der Waals surface area (Å²) in [5.41, 5.74) is 2.35. The molecule has 0 saturated heterocycles. The van der Waals surface area contributed by atoms with Gasteiger partial charge < -0.3 is 4.55 Å². The van der Waals surface area contributed by atoms with Crippen molar-refractivity contribution in [3.05, 3.63) is 34.3 Å². The highest BCUT2D eigenvalue weighted by Crippen LogP contribution is 2.43. The molecular formula is C11H14ClNOS. The number of hydrogen-bond donors (Lipinski definition) is 1. The molecule has 15 heavy (non-hydrogen) atoms. The molecule has 0 spiro atoms. The van der Waals surface area contributed by atoms with Crippen LogP contribution < -0.4 is 4.72 Å². The molecule has 2 rings (SSSR count). The summed E-state index contributed by atoms with van der Waals surface area (Å²) in [5.74, 6) is 0.680. The van der Waals surface area contributed by atoms with Crippen molar-refractivity contribution in [2.45, 2.75) is 25.3 Å². The standard InChI is InChI=1S/C11H14ClNOS/c1-15(14)13-7-8-2-5-10(9-3-4-9)11(12)6-8/h2,5-6,9,13H,3-4,7H2,1H3. The molecule has 1 aromatic rings. The lowest BCUT2D eigenvalue weighted by Gasteiger charge is -2.08. The number of rotatable bonds is 4. The highest BCUT2D eigenvalue weighted by molar-refractivity contribution is 7.88. The fourth-order valence-corrected chi connectivity index (χ4v) is 2.32. The molecular weight excluding hydrogens is 230 g/mol. The van der Waals surface area contributed by atoms with Crippen LogP contribution >= 0.6 is 11.6 Å². The van der Waals surface area contributed by atoms with Crippen molar-refractivity contribution in [3.8, 4) is 0 Å². The predicted molar refractivity (Wildman–Crippen MR) is 64.3 cm³/mol. The van der Waals surface area contributed by atoms with E-state index in [2.05, 4.69) is 16.9 Å². The van der Waals surface area contributed by atoms with Crippen molar-refractivity contribution in [3.63, 3.8) is 0 Å². The molecule has 82 valence electrons. The molecule has 1 fully saturated rings. The van der Waals surface area contributed by atoms with Gasteiger partial charge in [0.15, 0.2) is 0 Å². The van der Waals surface area contributed by atoms with Gasteiger partial charge in [-0.25, -0.2) is 0 Å². The van der Waals surface area contributed by atoms with Crippen LogP contribution in [0.2, 0.25) is 5.02 Å². The number of benzene rings is 1. The molecule has 4 heteroatoms. The van der Waals surface area contributed by atoms with Crippen LogP contribution in [0.3, 0.4) is 0 Å². The minimum Gasteiger partial charge on any atom is -0.598 e. The van der Waals surface area contributed by atoms with Crippen molar-refractivity contribution in [1.29, 1.82) is 0 Å². The van der Waals surface area contributed by atoms with Crippen LogP contribution in [0, 0.1) is 0 Å². The molecule has 0 amide bonds. The second-order valence-electron chi connectivity index (χ2n) is 3.91. The third kappa shape index (κ3) is 3.11. The van der Waals surface area contributed by atoms with Crippen molar-refractivity contribution in [1.82, 2.24) is 4.72 Å². The maximum atomic E-state index is 10.9. The van der Waals surface area contributed by atoms with E-state index in [9.17, 15) is 4.55 Å². The lowest BCUT2D eigenvalue weighted by atomic mass is 10.1. The van der Waals surface area contributed by atoms with E-state index in [0.29, 0.717) is 12.5 Å². The van der Waals surface area contributed by atoms with E-state index in [4.69, 9.17) is 11.6 Å². The lowest BCUT2D eigenvalue weighted by molar-refractivity contribution is 0.586. The summed E-state index contributed by atoms with van der Waals surface area (Å²) < 4.78 is 13.7. The first-order valence-electron chi connectivity index (χ1n) is 5.02. The first kappa shape index (κ1) is 11.3. The fourth-order valence-electron chi connectivity index (χ4n) is 1.59. The summed E-state index contributed by atoms with van der Waals surface area (Å²) in [5, 5.41) is 0.846. The third-order valence-corrected chi connectivity index (χ3v) is 3.44. The predicted octanol–water partition coefficient (Wildman–Crippen LogP) is 2.60. The van der Waals surface area contributed by atoms with Gasteiger partial charge in [0.25, 0.3) is 0 Å². The zero-order chi connectivity index (χ0) is 10.8. The molecule has 1 atom stereocenters. The van der Waals surface area contributed by atoms with Crippen LogP contribution in [0.15, 0.2) is 18.2 Å². The van der Waals surface area contributed by atoms with E-state index in [-0.39, 0.29) is 0 Å². The SMILES string of the molecule is C[S+]([O-])NCc1ccc(C2CC2)c(Cl)c1. The van der Waals surface area contributed by atoms with Gasteiger partial charge in [0.05, 0.1) is 6.54 Å². The normalized spacial score (nSPS) is 17.8. The van der Waals surface area contributed by atoms with E-state index in [0.717, 1.165) is 10.6 Å². The molecule has 1 saturated carbocycles. The molecule has 1 unspecified atom stereocenters. The Hall–Kier alpha value is -0.220. The van der Waals surface area contributed by atoms with Crippen molar-refractivity contribution in [2.75, 3.05) is 6.26 Å². The molecule has 2 nitrogen and oxygen atoms in total. The van der Waals surface area contributed by atoms with Crippen LogP contribution in [-0.4, -0.2) is 10.8 Å². The van der Waals surface area contributed by atoms with Gasteiger partial charge in [-0.05, 0) is 36.0 Å². The van der Waals surface area contributed by atoms with Crippen molar-refractivity contribution < 1.29 is 4.55 Å². The second-order valence-corrected chi connectivity index (χ2v) is 5.51. The Morgan fingerprint density at radius 2 is 2.27 bits per heavy atom. The third-order valence-electron chi connectivity index (χ3n) is 2.56. The molecule has 0 heterocycles. The lowest BCUT2D eigenvalue weighted by Crippen LogP contribution is -2.21. The van der Waals surface area contributed by atoms with E-state index in [1.807, 2.05) is 6.07 Å². The topological polar surface area (TPSA) is 35.1 Å². The Labute approximate surface area is 98.3 Å². The van der Waals surface area contributed by atoms with Gasteiger partial charge in [0, 0.05) is 16.4 Å². The Morgan fingerprint density at radius 1 is 1.53 bits per heavy atom. The summed E-state index contributed by atoms with van der Waals surface area (Å²) >= 11 is 5.21. The zero-order valence-corrected chi connectivity index (χ0v) is 10.2. The summed E-state index contributed by atoms with van der Waals surface area (Å²) in [6.45, 7) is 0.605. The van der Waals surface area contributed by atoms with Gasteiger partial charge in [-0.15, -0.1) is 4.72 Å². The smallest absolute Gasteiger partial charge is 0.115 e. The molecule has 0 aliphatic heterocycles. The van der Waals surface area contributed by atoms with E-state index in [1.54, 1.807) is 6.26 Å². The van der Waals surface area contributed by atoms with Crippen molar-refractivity contribution >= 4 is 23.0 Å². The fraction of sp³-hybridized carbons (Fsp3) is 0.455. The van der Waals surface area contributed by atoms with Gasteiger partial charge in [-0.1, -0.05) is 23.7 Å². The molecule has 1 aliphatic carbocycles. The van der Waals surface area contributed by atoms with Crippen molar-refractivity contribution in [2.24, 2.45) is 0 Å². The highest BCUT2D eigenvalue weighted by Gasteiger charge is 2.25. The van der Waals surface area contributed by atoms with E-state index < -0.39 is 11.4 Å². The number of halogens is 1. The zero-order valence-electron chi connectivity index (χ0n) is 8.63. The summed E-state index contributed by atoms with van der Waals surface area (Å²) in [6.07, 6.45) is 4.15. The van der Waals surface area contributed by atoms with Gasteiger partial charge in [-0.3, -0.25) is 0 Å². The minimum atomic E-state index is -0.968. The minimum absolute atomic E-state index is 0.605. The average molecular weight is 244 g/mol. The van der Waals surface area contributed by atoms with Crippen LogP contribution in [0.4, 0.5) is 0 Å². The second kappa shape index (κ2) is 4.74. The summed E-state index contributed by atoms with van der Waals surface area (Å²) in [7, 11) is 0.